The standard InChI is InChI=1S/C19H20BrNO4/c1-12-9-16(13(2)21(12)3)17(22)11-25-19(23)8-5-14-10-15(20)6-7-18(14)24-4/h5-10H,11H2,1-4H3/b8-5+. The maximum Gasteiger partial charge on any atom is 0.331 e. The summed E-state index contributed by atoms with van der Waals surface area (Å²) < 4.78 is 13.1. The van der Waals surface area contributed by atoms with Crippen LogP contribution in [0.15, 0.2) is 34.8 Å². The molecule has 0 saturated carbocycles. The number of ketones is 1. The van der Waals surface area contributed by atoms with Crippen LogP contribution in [-0.4, -0.2) is 30.0 Å². The lowest BCUT2D eigenvalue weighted by Gasteiger charge is -2.05. The molecule has 0 bridgehead atoms. The zero-order valence-corrected chi connectivity index (χ0v) is 16.2. The van der Waals surface area contributed by atoms with Gasteiger partial charge < -0.3 is 14.0 Å². The number of benzene rings is 1. The first-order valence-corrected chi connectivity index (χ1v) is 8.47. The number of carbonyl (C=O) groups is 2. The van der Waals surface area contributed by atoms with Gasteiger partial charge in [-0.05, 0) is 44.2 Å². The molecular formula is C19H20BrNO4. The third kappa shape index (κ3) is 4.60. The minimum absolute atomic E-state index is 0.219. The molecule has 0 aliphatic rings. The van der Waals surface area contributed by atoms with Crippen LogP contribution in [0, 0.1) is 13.8 Å². The van der Waals surface area contributed by atoms with Crippen LogP contribution in [0.1, 0.15) is 27.3 Å². The number of ether oxygens (including phenoxy) is 2. The van der Waals surface area contributed by atoms with Crippen LogP contribution in [-0.2, 0) is 16.6 Å². The largest absolute Gasteiger partial charge is 0.496 e. The van der Waals surface area contributed by atoms with Gasteiger partial charge in [-0.25, -0.2) is 4.79 Å². The van der Waals surface area contributed by atoms with Gasteiger partial charge in [0, 0.05) is 40.1 Å². The monoisotopic (exact) mass is 405 g/mol. The first-order valence-electron chi connectivity index (χ1n) is 7.68. The number of nitrogens with zero attached hydrogens (tertiary/aromatic N) is 1. The van der Waals surface area contributed by atoms with Crippen LogP contribution in [0.4, 0.5) is 0 Å². The Labute approximate surface area is 155 Å². The van der Waals surface area contributed by atoms with E-state index in [1.54, 1.807) is 25.3 Å². The molecule has 0 fully saturated rings. The van der Waals surface area contributed by atoms with Crippen molar-refractivity contribution in [2.75, 3.05) is 13.7 Å². The zero-order valence-electron chi connectivity index (χ0n) is 14.6. The Morgan fingerprint density at radius 1 is 1.24 bits per heavy atom. The molecule has 0 radical (unpaired) electrons. The van der Waals surface area contributed by atoms with E-state index in [1.165, 1.54) is 6.08 Å². The van der Waals surface area contributed by atoms with Crippen LogP contribution in [0.25, 0.3) is 6.08 Å². The lowest BCUT2D eigenvalue weighted by molar-refractivity contribution is -0.136. The number of hydrogen-bond donors (Lipinski definition) is 0. The maximum atomic E-state index is 12.2. The molecule has 0 amide bonds. The number of esters is 1. The Kier molecular flexibility index (Phi) is 6.20. The average Bonchev–Trinajstić information content (AvgIpc) is 2.85. The highest BCUT2D eigenvalue weighted by atomic mass is 79.9. The summed E-state index contributed by atoms with van der Waals surface area (Å²) in [6, 6.07) is 7.26. The molecule has 0 N–H and O–H groups in total. The van der Waals surface area contributed by atoms with Gasteiger partial charge >= 0.3 is 5.97 Å². The molecule has 1 heterocycles. The molecule has 5 nitrogen and oxygen atoms in total. The van der Waals surface area contributed by atoms with Gasteiger partial charge in [0.15, 0.2) is 6.61 Å². The molecule has 1 aromatic carbocycles. The third-order valence-corrected chi connectivity index (χ3v) is 4.51. The van der Waals surface area contributed by atoms with Crippen molar-refractivity contribution < 1.29 is 19.1 Å². The summed E-state index contributed by atoms with van der Waals surface area (Å²) in [6.07, 6.45) is 2.87. The fourth-order valence-corrected chi connectivity index (χ4v) is 2.77. The fourth-order valence-electron chi connectivity index (χ4n) is 2.39. The van der Waals surface area contributed by atoms with Gasteiger partial charge in [0.1, 0.15) is 5.75 Å². The number of methoxy groups -OCH3 is 1. The molecule has 132 valence electrons. The van der Waals surface area contributed by atoms with Crippen molar-refractivity contribution in [3.8, 4) is 5.75 Å². The van der Waals surface area contributed by atoms with Crippen molar-refractivity contribution in [2.45, 2.75) is 13.8 Å². The van der Waals surface area contributed by atoms with Gasteiger partial charge in [-0.15, -0.1) is 0 Å². The van der Waals surface area contributed by atoms with Crippen LogP contribution >= 0.6 is 15.9 Å². The summed E-state index contributed by atoms with van der Waals surface area (Å²) in [7, 11) is 3.45. The van der Waals surface area contributed by atoms with Crippen LogP contribution in [0.2, 0.25) is 0 Å². The first kappa shape index (κ1) is 19.0. The summed E-state index contributed by atoms with van der Waals surface area (Å²) in [5.74, 6) is -0.164. The lowest BCUT2D eigenvalue weighted by atomic mass is 10.1. The van der Waals surface area contributed by atoms with Crippen LogP contribution in [0.5, 0.6) is 5.75 Å². The Hall–Kier alpha value is -2.34. The second kappa shape index (κ2) is 8.16. The first-order chi connectivity index (χ1) is 11.8. The van der Waals surface area contributed by atoms with E-state index in [9.17, 15) is 9.59 Å². The molecule has 0 spiro atoms. The molecule has 0 saturated heterocycles. The van der Waals surface area contributed by atoms with Gasteiger partial charge in [0.25, 0.3) is 0 Å². The lowest BCUT2D eigenvalue weighted by Crippen LogP contribution is -2.13. The Balaban J connectivity index is 2.00. The molecule has 6 heteroatoms. The molecule has 2 rings (SSSR count). The smallest absolute Gasteiger partial charge is 0.331 e. The van der Waals surface area contributed by atoms with Crippen molar-refractivity contribution >= 4 is 33.8 Å². The number of rotatable bonds is 6. The van der Waals surface area contributed by atoms with Gasteiger partial charge in [0.2, 0.25) is 5.78 Å². The summed E-state index contributed by atoms with van der Waals surface area (Å²) in [5, 5.41) is 0. The zero-order chi connectivity index (χ0) is 18.6. The number of hydrogen-bond acceptors (Lipinski definition) is 4. The van der Waals surface area contributed by atoms with E-state index >= 15 is 0 Å². The summed E-state index contributed by atoms with van der Waals surface area (Å²) in [4.78, 5) is 24.1. The highest BCUT2D eigenvalue weighted by Crippen LogP contribution is 2.24. The van der Waals surface area contributed by atoms with Gasteiger partial charge in [0.05, 0.1) is 7.11 Å². The van der Waals surface area contributed by atoms with Gasteiger partial charge in [-0.2, -0.15) is 0 Å². The number of Topliss-reactive ketones (excluding diaryl/α,β-unsaturated/α-hetero) is 1. The summed E-state index contributed by atoms with van der Waals surface area (Å²) in [5.41, 5.74) is 3.14. The van der Waals surface area contributed by atoms with Gasteiger partial charge in [-0.1, -0.05) is 15.9 Å². The minimum atomic E-state index is -0.583. The second-order valence-electron chi connectivity index (χ2n) is 5.59. The molecule has 2 aromatic rings. The Bertz CT molecular complexity index is 836. The Morgan fingerprint density at radius 3 is 2.56 bits per heavy atom. The van der Waals surface area contributed by atoms with Crippen molar-refractivity contribution in [3.63, 3.8) is 0 Å². The molecule has 1 aromatic heterocycles. The van der Waals surface area contributed by atoms with Crippen molar-refractivity contribution in [3.05, 3.63) is 57.3 Å². The minimum Gasteiger partial charge on any atom is -0.496 e. The predicted molar refractivity (Wildman–Crippen MR) is 99.9 cm³/mol. The molecule has 25 heavy (non-hydrogen) atoms. The Morgan fingerprint density at radius 2 is 1.96 bits per heavy atom. The van der Waals surface area contributed by atoms with Crippen molar-refractivity contribution in [2.24, 2.45) is 7.05 Å². The van der Waals surface area contributed by atoms with Gasteiger partial charge in [-0.3, -0.25) is 4.79 Å². The summed E-state index contributed by atoms with van der Waals surface area (Å²) >= 11 is 3.37. The maximum absolute atomic E-state index is 12.2. The van der Waals surface area contributed by atoms with E-state index in [0.717, 1.165) is 21.4 Å². The van der Waals surface area contributed by atoms with E-state index in [2.05, 4.69) is 15.9 Å². The van der Waals surface area contributed by atoms with E-state index in [-0.39, 0.29) is 12.4 Å². The second-order valence-corrected chi connectivity index (χ2v) is 6.51. The summed E-state index contributed by atoms with van der Waals surface area (Å²) in [6.45, 7) is 3.49. The highest BCUT2D eigenvalue weighted by Gasteiger charge is 2.15. The van der Waals surface area contributed by atoms with Crippen LogP contribution < -0.4 is 4.74 Å². The highest BCUT2D eigenvalue weighted by molar-refractivity contribution is 9.10. The van der Waals surface area contributed by atoms with E-state index in [4.69, 9.17) is 9.47 Å². The van der Waals surface area contributed by atoms with Crippen molar-refractivity contribution in [1.82, 2.24) is 4.57 Å². The molecular weight excluding hydrogens is 386 g/mol. The predicted octanol–water partition coefficient (Wildman–Crippen LogP) is 3.85. The molecule has 0 atom stereocenters. The van der Waals surface area contributed by atoms with Crippen molar-refractivity contribution in [1.29, 1.82) is 0 Å². The number of carbonyl (C=O) groups excluding carboxylic acids is 2. The molecule has 0 aliphatic carbocycles. The number of aromatic nitrogens is 1. The topological polar surface area (TPSA) is 57.5 Å². The fraction of sp³-hybridized carbons (Fsp3) is 0.263. The average molecular weight is 406 g/mol. The van der Waals surface area contributed by atoms with Crippen LogP contribution in [0.3, 0.4) is 0 Å². The number of aryl methyl sites for hydroxylation is 1. The third-order valence-electron chi connectivity index (χ3n) is 4.01. The van der Waals surface area contributed by atoms with E-state index < -0.39 is 5.97 Å². The number of halogens is 1. The molecule has 0 aliphatic heterocycles. The van der Waals surface area contributed by atoms with E-state index in [1.807, 2.05) is 37.6 Å². The van der Waals surface area contributed by atoms with E-state index in [0.29, 0.717) is 11.3 Å². The quantitative estimate of drug-likeness (QED) is 0.416. The molecule has 0 unspecified atom stereocenters. The SMILES string of the molecule is COc1ccc(Br)cc1/C=C/C(=O)OCC(=O)c1cc(C)n(C)c1C. The normalized spacial score (nSPS) is 10.9.